The lowest BCUT2D eigenvalue weighted by Crippen LogP contribution is -2.13. The average molecular weight is 373 g/mol. The van der Waals surface area contributed by atoms with Crippen molar-refractivity contribution < 1.29 is 9.90 Å². The highest BCUT2D eigenvalue weighted by Crippen LogP contribution is 2.30. The summed E-state index contributed by atoms with van der Waals surface area (Å²) in [4.78, 5) is 12.3. The van der Waals surface area contributed by atoms with Crippen molar-refractivity contribution in [1.82, 2.24) is 0 Å². The van der Waals surface area contributed by atoms with E-state index in [9.17, 15) is 15.2 Å². The summed E-state index contributed by atoms with van der Waals surface area (Å²) in [5.41, 5.74) is 1.47. The molecule has 0 saturated heterocycles. The van der Waals surface area contributed by atoms with Crippen molar-refractivity contribution in [3.05, 3.63) is 75.8 Å². The van der Waals surface area contributed by atoms with Crippen LogP contribution in [0.15, 0.2) is 54.6 Å². The maximum absolute atomic E-state index is 12.3. The maximum Gasteiger partial charge on any atom is 0.266 e. The number of rotatable bonds is 5. The number of aromatic hydroxyl groups is 1. The fourth-order valence-electron chi connectivity index (χ4n) is 2.12. The Balaban J connectivity index is 2.29. The highest BCUT2D eigenvalue weighted by molar-refractivity contribution is 6.44. The van der Waals surface area contributed by atoms with Crippen LogP contribution in [0.4, 0.5) is 5.69 Å². The Morgan fingerprint density at radius 2 is 2.08 bits per heavy atom. The standard InChI is InChI=1S/C19H14Cl2N2O2/c1-2-4-13-9-12(7-8-17(13)24)10-14(11-22)19(25)23-16-6-3-5-15(20)18(16)21/h2-3,5-10,24H,1,4H2,(H,23,25)/b14-10-. The molecular weight excluding hydrogens is 359 g/mol. The summed E-state index contributed by atoms with van der Waals surface area (Å²) >= 11 is 11.9. The van der Waals surface area contributed by atoms with Crippen LogP contribution in [0.5, 0.6) is 5.75 Å². The lowest BCUT2D eigenvalue weighted by Gasteiger charge is -2.08. The summed E-state index contributed by atoms with van der Waals surface area (Å²) < 4.78 is 0. The fourth-order valence-corrected chi connectivity index (χ4v) is 2.47. The molecule has 0 bridgehead atoms. The second kappa shape index (κ2) is 8.39. The van der Waals surface area contributed by atoms with Crippen molar-refractivity contribution in [1.29, 1.82) is 5.26 Å². The van der Waals surface area contributed by atoms with Gasteiger partial charge in [-0.3, -0.25) is 4.79 Å². The van der Waals surface area contributed by atoms with Crippen LogP contribution in [0.3, 0.4) is 0 Å². The molecule has 126 valence electrons. The Morgan fingerprint density at radius 1 is 1.32 bits per heavy atom. The molecule has 6 heteroatoms. The number of allylic oxidation sites excluding steroid dienone is 1. The molecule has 0 radical (unpaired) electrons. The predicted molar refractivity (Wildman–Crippen MR) is 101 cm³/mol. The monoisotopic (exact) mass is 372 g/mol. The van der Waals surface area contributed by atoms with Gasteiger partial charge in [-0.15, -0.1) is 6.58 Å². The second-order valence-corrected chi connectivity index (χ2v) is 5.89. The summed E-state index contributed by atoms with van der Waals surface area (Å²) in [7, 11) is 0. The largest absolute Gasteiger partial charge is 0.508 e. The van der Waals surface area contributed by atoms with Crippen LogP contribution >= 0.6 is 23.2 Å². The number of anilines is 1. The van der Waals surface area contributed by atoms with Crippen molar-refractivity contribution >= 4 is 40.9 Å². The molecular formula is C19H14Cl2N2O2. The van der Waals surface area contributed by atoms with Crippen LogP contribution < -0.4 is 5.32 Å². The second-order valence-electron chi connectivity index (χ2n) is 5.11. The molecule has 0 saturated carbocycles. The molecule has 2 N–H and O–H groups in total. The summed E-state index contributed by atoms with van der Waals surface area (Å²) in [6.07, 6.45) is 3.56. The Bertz CT molecular complexity index is 899. The van der Waals surface area contributed by atoms with E-state index >= 15 is 0 Å². The molecule has 2 aromatic rings. The van der Waals surface area contributed by atoms with Crippen molar-refractivity contribution in [2.45, 2.75) is 6.42 Å². The van der Waals surface area contributed by atoms with Crippen LogP contribution in [0.2, 0.25) is 10.0 Å². The average Bonchev–Trinajstić information content (AvgIpc) is 2.59. The number of hydrogen-bond donors (Lipinski definition) is 2. The minimum Gasteiger partial charge on any atom is -0.508 e. The summed E-state index contributed by atoms with van der Waals surface area (Å²) in [6, 6.07) is 11.5. The number of hydrogen-bond acceptors (Lipinski definition) is 3. The molecule has 0 unspecified atom stereocenters. The number of halogens is 2. The van der Waals surface area contributed by atoms with Gasteiger partial charge >= 0.3 is 0 Å². The number of nitrogens with one attached hydrogen (secondary N) is 1. The SMILES string of the molecule is C=CCc1cc(/C=C(/C#N)C(=O)Nc2cccc(Cl)c2Cl)ccc1O. The Morgan fingerprint density at radius 3 is 2.76 bits per heavy atom. The van der Waals surface area contributed by atoms with Gasteiger partial charge in [0.25, 0.3) is 5.91 Å². The zero-order valence-electron chi connectivity index (χ0n) is 13.1. The van der Waals surface area contributed by atoms with E-state index in [-0.39, 0.29) is 16.3 Å². The summed E-state index contributed by atoms with van der Waals surface area (Å²) in [5, 5.41) is 22.1. The lowest BCUT2D eigenvalue weighted by molar-refractivity contribution is -0.112. The number of nitriles is 1. The molecule has 1 amide bonds. The lowest BCUT2D eigenvalue weighted by atomic mass is 10.0. The van der Waals surface area contributed by atoms with Crippen LogP contribution in [0, 0.1) is 11.3 Å². The van der Waals surface area contributed by atoms with E-state index < -0.39 is 5.91 Å². The molecule has 0 aliphatic carbocycles. The minimum absolute atomic E-state index is 0.105. The van der Waals surface area contributed by atoms with E-state index in [0.717, 1.165) is 0 Å². The van der Waals surface area contributed by atoms with Gasteiger partial charge in [0.05, 0.1) is 15.7 Å². The van der Waals surface area contributed by atoms with Gasteiger partial charge in [-0.25, -0.2) is 0 Å². The van der Waals surface area contributed by atoms with Gasteiger partial charge in [-0.1, -0.05) is 41.4 Å². The van der Waals surface area contributed by atoms with Gasteiger partial charge in [0.1, 0.15) is 17.4 Å². The van der Waals surface area contributed by atoms with Crippen LogP contribution in [0.25, 0.3) is 6.08 Å². The molecule has 2 rings (SSSR count). The highest BCUT2D eigenvalue weighted by Gasteiger charge is 2.13. The van der Waals surface area contributed by atoms with E-state index in [0.29, 0.717) is 28.3 Å². The normalized spacial score (nSPS) is 10.8. The number of phenols is 1. The highest BCUT2D eigenvalue weighted by atomic mass is 35.5. The molecule has 2 aromatic carbocycles. The van der Waals surface area contributed by atoms with Gasteiger partial charge in [-0.05, 0) is 47.9 Å². The first-order valence-electron chi connectivity index (χ1n) is 7.26. The van der Waals surface area contributed by atoms with Crippen molar-refractivity contribution in [3.8, 4) is 11.8 Å². The van der Waals surface area contributed by atoms with Crippen molar-refractivity contribution in [2.24, 2.45) is 0 Å². The number of carbonyl (C=O) groups excluding carboxylic acids is 1. The Hall–Kier alpha value is -2.74. The van der Waals surface area contributed by atoms with Gasteiger partial charge in [0, 0.05) is 0 Å². The molecule has 0 fully saturated rings. The van der Waals surface area contributed by atoms with E-state index in [1.165, 1.54) is 12.1 Å². The molecule has 0 spiro atoms. The van der Waals surface area contributed by atoms with Gasteiger partial charge in [0.15, 0.2) is 0 Å². The van der Waals surface area contributed by atoms with Gasteiger partial charge < -0.3 is 10.4 Å². The first-order valence-corrected chi connectivity index (χ1v) is 8.01. The smallest absolute Gasteiger partial charge is 0.266 e. The maximum atomic E-state index is 12.3. The Labute approximate surface area is 155 Å². The molecule has 25 heavy (non-hydrogen) atoms. The first-order chi connectivity index (χ1) is 12.0. The summed E-state index contributed by atoms with van der Waals surface area (Å²) in [6.45, 7) is 3.63. The predicted octanol–water partition coefficient (Wildman–Crippen LogP) is 4.97. The summed E-state index contributed by atoms with van der Waals surface area (Å²) in [5.74, 6) is -0.476. The number of benzene rings is 2. The zero-order valence-corrected chi connectivity index (χ0v) is 14.6. The van der Waals surface area contributed by atoms with Crippen LogP contribution in [0.1, 0.15) is 11.1 Å². The number of amides is 1. The topological polar surface area (TPSA) is 73.1 Å². The quantitative estimate of drug-likeness (QED) is 0.441. The van der Waals surface area contributed by atoms with Gasteiger partial charge in [-0.2, -0.15) is 5.26 Å². The third kappa shape index (κ3) is 4.63. The van der Waals surface area contributed by atoms with Crippen LogP contribution in [-0.2, 0) is 11.2 Å². The van der Waals surface area contributed by atoms with E-state index in [4.69, 9.17) is 23.2 Å². The first kappa shape index (κ1) is 18.6. The molecule has 0 heterocycles. The van der Waals surface area contributed by atoms with Crippen molar-refractivity contribution in [2.75, 3.05) is 5.32 Å². The van der Waals surface area contributed by atoms with Crippen LogP contribution in [-0.4, -0.2) is 11.0 Å². The molecule has 0 aliphatic heterocycles. The number of carbonyl (C=O) groups is 1. The molecule has 0 atom stereocenters. The molecule has 0 aliphatic rings. The van der Waals surface area contributed by atoms with Crippen molar-refractivity contribution in [3.63, 3.8) is 0 Å². The molecule has 0 aromatic heterocycles. The van der Waals surface area contributed by atoms with E-state index in [1.54, 1.807) is 36.4 Å². The number of phenolic OH excluding ortho intramolecular Hbond substituents is 1. The van der Waals surface area contributed by atoms with E-state index in [1.807, 2.05) is 6.07 Å². The van der Waals surface area contributed by atoms with Gasteiger partial charge in [0.2, 0.25) is 0 Å². The third-order valence-corrected chi connectivity index (χ3v) is 4.16. The Kier molecular flexibility index (Phi) is 6.24. The fraction of sp³-hybridized carbons (Fsp3) is 0.0526. The third-order valence-electron chi connectivity index (χ3n) is 3.34. The number of nitrogens with zero attached hydrogens (tertiary/aromatic N) is 1. The molecule has 4 nitrogen and oxygen atoms in total. The van der Waals surface area contributed by atoms with E-state index in [2.05, 4.69) is 11.9 Å². The minimum atomic E-state index is -0.606. The zero-order chi connectivity index (χ0) is 18.4.